The summed E-state index contributed by atoms with van der Waals surface area (Å²) in [6.45, 7) is 0.755. The number of non-ortho nitro benzene ring substituents is 1. The topological polar surface area (TPSA) is 169 Å². The molecule has 1 unspecified atom stereocenters. The second-order valence-electron chi connectivity index (χ2n) is 6.01. The van der Waals surface area contributed by atoms with Gasteiger partial charge in [-0.1, -0.05) is 6.08 Å². The van der Waals surface area contributed by atoms with Crippen molar-refractivity contribution >= 4 is 33.3 Å². The Morgan fingerprint density at radius 1 is 1.59 bits per heavy atom. The predicted molar refractivity (Wildman–Crippen MR) is 108 cm³/mol. The number of hydrogen-bond donors (Lipinski definition) is 3. The number of unbranched alkanes of at least 4 members (excludes halogenated alkanes) is 1. The highest BCUT2D eigenvalue weighted by Crippen LogP contribution is 2.28. The summed E-state index contributed by atoms with van der Waals surface area (Å²) in [5, 5.41) is 20.4. The van der Waals surface area contributed by atoms with Gasteiger partial charge in [0.05, 0.1) is 16.7 Å². The largest absolute Gasteiger partial charge is 0.462 e. The maximum Gasteiger partial charge on any atom is 0.321 e. The average molecular weight is 431 g/mol. The third-order valence-electron chi connectivity index (χ3n) is 3.64. The van der Waals surface area contributed by atoms with Gasteiger partial charge < -0.3 is 15.8 Å². The molecule has 0 fully saturated rings. The molecule has 1 atom stereocenters. The number of nitro benzene ring substituents is 1. The molecule has 0 saturated carbocycles. The quantitative estimate of drug-likeness (QED) is 0.0908. The van der Waals surface area contributed by atoms with Gasteiger partial charge in [-0.3, -0.25) is 20.3 Å². The number of nitrogens with one attached hydrogen (secondary N) is 2. The number of likely N-dealkylation sites (N-methyl/N-ethyl adjacent to an activating group) is 1. The molecule has 0 aliphatic heterocycles. The van der Waals surface area contributed by atoms with E-state index in [0.29, 0.717) is 19.3 Å². The Kier molecular flexibility index (Phi) is 7.02. The molecule has 0 aliphatic carbocycles. The standard InChI is InChI=1S/C17H25N5O6S/c1-4-5-6-7-12(2)28-16(23)11-21(3)29(26,27)15-9-8-13(22(24)25)10-14(15)20-17(18)19/h4,8-10,12H,1,5-7,11H2,2-3H3,(H4,18,19,20)/i3D3. The zero-order valence-electron chi connectivity index (χ0n) is 18.8. The van der Waals surface area contributed by atoms with Crippen LogP contribution in [0.4, 0.5) is 11.4 Å². The molecule has 4 N–H and O–H groups in total. The maximum atomic E-state index is 13.1. The molecule has 1 aromatic carbocycles. The Hall–Kier alpha value is -2.99. The van der Waals surface area contributed by atoms with Gasteiger partial charge in [-0.15, -0.1) is 6.58 Å². The van der Waals surface area contributed by atoms with Gasteiger partial charge in [-0.25, -0.2) is 8.42 Å². The van der Waals surface area contributed by atoms with Crippen molar-refractivity contribution in [2.24, 2.45) is 5.73 Å². The molecule has 0 saturated heterocycles. The van der Waals surface area contributed by atoms with Gasteiger partial charge in [0.15, 0.2) is 5.96 Å². The predicted octanol–water partition coefficient (Wildman–Crippen LogP) is 1.81. The number of guanidine groups is 1. The number of nitrogens with zero attached hydrogens (tertiary/aromatic N) is 2. The van der Waals surface area contributed by atoms with E-state index in [2.05, 4.69) is 11.9 Å². The lowest BCUT2D eigenvalue weighted by molar-refractivity contribution is -0.384. The lowest BCUT2D eigenvalue weighted by Gasteiger charge is -2.20. The number of nitrogens with two attached hydrogens (primary N) is 1. The Labute approximate surface area is 173 Å². The van der Waals surface area contributed by atoms with Crippen LogP contribution in [0.1, 0.15) is 30.3 Å². The van der Waals surface area contributed by atoms with Crippen LogP contribution in [-0.2, 0) is 19.6 Å². The first-order valence-corrected chi connectivity index (χ1v) is 9.86. The van der Waals surface area contributed by atoms with Crippen molar-refractivity contribution < 1.29 is 27.0 Å². The van der Waals surface area contributed by atoms with Gasteiger partial charge in [-0.2, -0.15) is 4.31 Å². The zero-order valence-corrected chi connectivity index (χ0v) is 16.6. The molecule has 160 valence electrons. The second-order valence-corrected chi connectivity index (χ2v) is 7.84. The molecule has 0 radical (unpaired) electrons. The van der Waals surface area contributed by atoms with Crippen LogP contribution in [0.2, 0.25) is 0 Å². The normalized spacial score (nSPS) is 14.2. The van der Waals surface area contributed by atoms with E-state index >= 15 is 0 Å². The third kappa shape index (κ3) is 7.16. The maximum absolute atomic E-state index is 13.1. The summed E-state index contributed by atoms with van der Waals surface area (Å²) in [5.74, 6) is -1.83. The van der Waals surface area contributed by atoms with Gasteiger partial charge in [0.25, 0.3) is 5.69 Å². The summed E-state index contributed by atoms with van der Waals surface area (Å²) in [6.07, 6.45) is 2.92. The second kappa shape index (κ2) is 10.5. The minimum atomic E-state index is -4.91. The Morgan fingerprint density at radius 3 is 2.83 bits per heavy atom. The van der Waals surface area contributed by atoms with Crippen LogP contribution in [0.25, 0.3) is 0 Å². The molecule has 0 spiro atoms. The van der Waals surface area contributed by atoms with E-state index in [1.54, 1.807) is 13.0 Å². The highest BCUT2D eigenvalue weighted by atomic mass is 32.2. The van der Waals surface area contributed by atoms with Gasteiger partial charge in [0.1, 0.15) is 11.4 Å². The number of ether oxygens (including phenoxy) is 1. The molecule has 0 aliphatic rings. The highest BCUT2D eigenvalue weighted by Gasteiger charge is 2.28. The van der Waals surface area contributed by atoms with E-state index in [0.717, 1.165) is 18.2 Å². The number of sulfonamides is 1. The fourth-order valence-electron chi connectivity index (χ4n) is 2.29. The summed E-state index contributed by atoms with van der Waals surface area (Å²) < 4.78 is 54.1. The number of carbonyl (C=O) groups is 1. The van der Waals surface area contributed by atoms with Crippen LogP contribution in [0.3, 0.4) is 0 Å². The Bertz CT molecular complexity index is 983. The monoisotopic (exact) mass is 430 g/mol. The number of carbonyl (C=O) groups excluding carboxylic acids is 1. The van der Waals surface area contributed by atoms with Gasteiger partial charge in [0, 0.05) is 23.2 Å². The first kappa shape index (κ1) is 19.3. The van der Waals surface area contributed by atoms with Crippen LogP contribution in [0.5, 0.6) is 0 Å². The zero-order chi connectivity index (χ0) is 24.7. The van der Waals surface area contributed by atoms with Crippen molar-refractivity contribution in [1.29, 1.82) is 5.41 Å². The molecule has 0 heterocycles. The SMILES string of the molecule is [2H]C([2H])([2H])N(CC(=O)OC(C)CCCC=C)S(=O)(=O)c1ccc([N+](=O)[O-])cc1NC(=N)N. The fraction of sp³-hybridized carbons (Fsp3) is 0.412. The molecule has 12 heteroatoms. The molecule has 1 rings (SSSR count). The first-order chi connectivity index (χ1) is 14.7. The summed E-state index contributed by atoms with van der Waals surface area (Å²) in [5.41, 5.74) is 4.19. The molecular weight excluding hydrogens is 402 g/mol. The van der Waals surface area contributed by atoms with Crippen LogP contribution in [-0.4, -0.2) is 49.2 Å². The van der Waals surface area contributed by atoms with Crippen molar-refractivity contribution in [3.8, 4) is 0 Å². The smallest absolute Gasteiger partial charge is 0.321 e. The molecular formula is C17H25N5O6S. The average Bonchev–Trinajstić information content (AvgIpc) is 2.64. The van der Waals surface area contributed by atoms with Crippen molar-refractivity contribution in [3.63, 3.8) is 0 Å². The van der Waals surface area contributed by atoms with Crippen LogP contribution >= 0.6 is 0 Å². The third-order valence-corrected chi connectivity index (χ3v) is 5.26. The number of allylic oxidation sites excluding steroid dienone is 1. The number of hydrogen-bond acceptors (Lipinski definition) is 7. The van der Waals surface area contributed by atoms with E-state index in [1.807, 2.05) is 0 Å². The summed E-state index contributed by atoms with van der Waals surface area (Å²) in [7, 11) is -4.91. The highest BCUT2D eigenvalue weighted by molar-refractivity contribution is 7.89. The van der Waals surface area contributed by atoms with Gasteiger partial charge in [0.2, 0.25) is 10.0 Å². The molecule has 1 aromatic rings. The van der Waals surface area contributed by atoms with Crippen molar-refractivity contribution in [3.05, 3.63) is 41.0 Å². The summed E-state index contributed by atoms with van der Waals surface area (Å²) in [4.78, 5) is 21.7. The minimum absolute atomic E-state index is 0.0503. The minimum Gasteiger partial charge on any atom is -0.462 e. The van der Waals surface area contributed by atoms with Crippen LogP contribution < -0.4 is 11.1 Å². The van der Waals surface area contributed by atoms with E-state index in [4.69, 9.17) is 20.0 Å². The van der Waals surface area contributed by atoms with Crippen molar-refractivity contribution in [1.82, 2.24) is 4.31 Å². The van der Waals surface area contributed by atoms with E-state index < -0.39 is 62.8 Å². The van der Waals surface area contributed by atoms with Crippen LogP contribution in [0, 0.1) is 15.5 Å². The molecule has 29 heavy (non-hydrogen) atoms. The van der Waals surface area contributed by atoms with E-state index in [9.17, 15) is 23.3 Å². The number of rotatable bonds is 11. The number of anilines is 1. The first-order valence-electron chi connectivity index (χ1n) is 9.92. The number of nitro groups is 1. The summed E-state index contributed by atoms with van der Waals surface area (Å²) >= 11 is 0. The Morgan fingerprint density at radius 2 is 2.28 bits per heavy atom. The molecule has 0 amide bonds. The lowest BCUT2D eigenvalue weighted by Crippen LogP contribution is -2.35. The number of benzene rings is 1. The van der Waals surface area contributed by atoms with Crippen LogP contribution in [0.15, 0.2) is 35.7 Å². The fourth-order valence-corrected chi connectivity index (χ4v) is 3.43. The van der Waals surface area contributed by atoms with Crippen molar-refractivity contribution in [2.75, 3.05) is 18.8 Å². The molecule has 0 aromatic heterocycles. The van der Waals surface area contributed by atoms with E-state index in [-0.39, 0.29) is 4.31 Å². The Balaban J connectivity index is 3.30. The van der Waals surface area contributed by atoms with Gasteiger partial charge in [-0.05, 0) is 32.3 Å². The molecule has 11 nitrogen and oxygen atoms in total. The van der Waals surface area contributed by atoms with E-state index in [1.165, 1.54) is 0 Å². The number of esters is 1. The van der Waals surface area contributed by atoms with Crippen molar-refractivity contribution in [2.45, 2.75) is 37.2 Å². The molecule has 0 bridgehead atoms. The summed E-state index contributed by atoms with van der Waals surface area (Å²) in [6, 6.07) is 2.42. The van der Waals surface area contributed by atoms with Gasteiger partial charge >= 0.3 is 5.97 Å². The lowest BCUT2D eigenvalue weighted by atomic mass is 10.2.